The molecule has 1 aliphatic rings. The fraction of sp³-hybridized carbons (Fsp3) is 0.429. The van der Waals surface area contributed by atoms with Gasteiger partial charge in [0.05, 0.1) is 24.5 Å². The third-order valence-electron chi connectivity index (χ3n) is 3.45. The van der Waals surface area contributed by atoms with Gasteiger partial charge in [0.1, 0.15) is 5.75 Å². The summed E-state index contributed by atoms with van der Waals surface area (Å²) in [5.74, 6) is -0.649. The van der Waals surface area contributed by atoms with Crippen LogP contribution >= 0.6 is 0 Å². The number of carboxylic acid groups (broad SMARTS) is 1. The van der Waals surface area contributed by atoms with E-state index in [-0.39, 0.29) is 17.7 Å². The second-order valence-electron chi connectivity index (χ2n) is 4.74. The molecule has 1 saturated heterocycles. The van der Waals surface area contributed by atoms with Gasteiger partial charge in [-0.2, -0.15) is 0 Å². The summed E-state index contributed by atoms with van der Waals surface area (Å²) in [5.41, 5.74) is 0.422. The first-order chi connectivity index (χ1) is 10.0. The summed E-state index contributed by atoms with van der Waals surface area (Å²) in [6.07, 6.45) is 0.832. The lowest BCUT2D eigenvalue weighted by atomic mass is 10.2. The van der Waals surface area contributed by atoms with Crippen molar-refractivity contribution in [3.05, 3.63) is 23.8 Å². The van der Waals surface area contributed by atoms with E-state index in [1.165, 1.54) is 25.3 Å². The molecule has 1 unspecified atom stereocenters. The van der Waals surface area contributed by atoms with Crippen molar-refractivity contribution < 1.29 is 24.2 Å². The van der Waals surface area contributed by atoms with Crippen LogP contribution in [0.25, 0.3) is 0 Å². The monoisotopic (exact) mass is 294 g/mol. The fourth-order valence-corrected chi connectivity index (χ4v) is 2.24. The molecule has 1 aromatic carbocycles. The number of nitrogens with zero attached hydrogens (tertiary/aromatic N) is 1. The number of ether oxygens (including phenoxy) is 2. The molecule has 2 amide bonds. The minimum atomic E-state index is -1.06. The minimum absolute atomic E-state index is 0.0444. The summed E-state index contributed by atoms with van der Waals surface area (Å²) in [6.45, 7) is 1.12. The van der Waals surface area contributed by atoms with Crippen LogP contribution in [-0.4, -0.2) is 55.4 Å². The number of urea groups is 1. The molecular formula is C14H18N2O5. The lowest BCUT2D eigenvalue weighted by molar-refractivity contribution is 0.0697. The van der Waals surface area contributed by atoms with E-state index in [9.17, 15) is 9.59 Å². The standard InChI is InChI=1S/C14H18N2O5/c1-20-10-5-6-16(8-10)14(19)15-11-7-9(13(17)18)3-4-12(11)21-2/h3-4,7,10H,5-6,8H2,1-2H3,(H,15,19)(H,17,18). The lowest BCUT2D eigenvalue weighted by Gasteiger charge is -2.18. The molecule has 0 aliphatic carbocycles. The first-order valence-electron chi connectivity index (χ1n) is 6.55. The first-order valence-corrected chi connectivity index (χ1v) is 6.55. The van der Waals surface area contributed by atoms with Gasteiger partial charge in [-0.05, 0) is 24.6 Å². The van der Waals surface area contributed by atoms with Crippen molar-refractivity contribution in [2.24, 2.45) is 0 Å². The molecule has 0 aromatic heterocycles. The Kier molecular flexibility index (Phi) is 4.64. The first kappa shape index (κ1) is 15.1. The summed E-state index contributed by atoms with van der Waals surface area (Å²) >= 11 is 0. The van der Waals surface area contributed by atoms with Gasteiger partial charge in [-0.25, -0.2) is 9.59 Å². The molecule has 1 fully saturated rings. The summed E-state index contributed by atoms with van der Waals surface area (Å²) in [7, 11) is 3.08. The van der Waals surface area contributed by atoms with E-state index in [1.54, 1.807) is 12.0 Å². The maximum absolute atomic E-state index is 12.2. The highest BCUT2D eigenvalue weighted by Crippen LogP contribution is 2.26. The number of nitrogens with one attached hydrogen (secondary N) is 1. The number of methoxy groups -OCH3 is 2. The summed E-state index contributed by atoms with van der Waals surface area (Å²) < 4.78 is 10.3. The van der Waals surface area contributed by atoms with Gasteiger partial charge in [0, 0.05) is 20.2 Å². The van der Waals surface area contributed by atoms with Crippen molar-refractivity contribution in [2.75, 3.05) is 32.6 Å². The van der Waals surface area contributed by atoms with Gasteiger partial charge in [0.15, 0.2) is 0 Å². The molecule has 1 atom stereocenters. The Morgan fingerprint density at radius 2 is 2.14 bits per heavy atom. The molecule has 7 heteroatoms. The van der Waals surface area contributed by atoms with Crippen molar-refractivity contribution in [3.63, 3.8) is 0 Å². The summed E-state index contributed by atoms with van der Waals surface area (Å²) in [6, 6.07) is 4.02. The van der Waals surface area contributed by atoms with E-state index >= 15 is 0 Å². The number of rotatable bonds is 4. The van der Waals surface area contributed by atoms with E-state index in [1.807, 2.05) is 0 Å². The van der Waals surface area contributed by atoms with Gasteiger partial charge in [0.2, 0.25) is 0 Å². The zero-order chi connectivity index (χ0) is 15.4. The van der Waals surface area contributed by atoms with Crippen molar-refractivity contribution >= 4 is 17.7 Å². The smallest absolute Gasteiger partial charge is 0.335 e. The number of carbonyl (C=O) groups is 2. The molecule has 0 bridgehead atoms. The van der Waals surface area contributed by atoms with Crippen LogP contribution < -0.4 is 10.1 Å². The average Bonchev–Trinajstić information content (AvgIpc) is 2.96. The Hall–Kier alpha value is -2.28. The van der Waals surface area contributed by atoms with Crippen LogP contribution in [0.15, 0.2) is 18.2 Å². The molecule has 0 radical (unpaired) electrons. The Balaban J connectivity index is 2.12. The van der Waals surface area contributed by atoms with E-state index in [0.717, 1.165) is 6.42 Å². The molecule has 1 aromatic rings. The number of aromatic carboxylic acids is 1. The molecule has 0 saturated carbocycles. The van der Waals surface area contributed by atoms with Crippen molar-refractivity contribution in [1.82, 2.24) is 4.90 Å². The van der Waals surface area contributed by atoms with Gasteiger partial charge in [-0.1, -0.05) is 0 Å². The molecular weight excluding hydrogens is 276 g/mol. The van der Waals surface area contributed by atoms with Crippen LogP contribution in [0.3, 0.4) is 0 Å². The summed E-state index contributed by atoms with van der Waals surface area (Å²) in [4.78, 5) is 24.8. The number of carboxylic acids is 1. The van der Waals surface area contributed by atoms with Crippen LogP contribution in [0, 0.1) is 0 Å². The molecule has 0 spiro atoms. The highest BCUT2D eigenvalue weighted by atomic mass is 16.5. The summed E-state index contributed by atoms with van der Waals surface area (Å²) in [5, 5.41) is 11.7. The van der Waals surface area contributed by atoms with Gasteiger partial charge in [-0.15, -0.1) is 0 Å². The van der Waals surface area contributed by atoms with E-state index < -0.39 is 5.97 Å². The van der Waals surface area contributed by atoms with E-state index in [4.69, 9.17) is 14.6 Å². The molecule has 7 nitrogen and oxygen atoms in total. The molecule has 1 aliphatic heterocycles. The second kappa shape index (κ2) is 6.45. The number of hydrogen-bond acceptors (Lipinski definition) is 4. The van der Waals surface area contributed by atoms with Crippen molar-refractivity contribution in [3.8, 4) is 5.75 Å². The molecule has 2 rings (SSSR count). The number of amides is 2. The highest BCUT2D eigenvalue weighted by molar-refractivity contribution is 5.95. The van der Waals surface area contributed by atoms with Crippen LogP contribution in [0.4, 0.5) is 10.5 Å². The van der Waals surface area contributed by atoms with Crippen LogP contribution in [-0.2, 0) is 4.74 Å². The topological polar surface area (TPSA) is 88.1 Å². The number of carbonyl (C=O) groups excluding carboxylic acids is 1. The maximum Gasteiger partial charge on any atom is 0.335 e. The third-order valence-corrected chi connectivity index (χ3v) is 3.45. The molecule has 114 valence electrons. The number of likely N-dealkylation sites (tertiary alicyclic amines) is 1. The van der Waals surface area contributed by atoms with E-state index in [0.29, 0.717) is 24.5 Å². The normalized spacial score (nSPS) is 17.6. The molecule has 1 heterocycles. The molecule has 21 heavy (non-hydrogen) atoms. The van der Waals surface area contributed by atoms with E-state index in [2.05, 4.69) is 5.32 Å². The van der Waals surface area contributed by atoms with Crippen molar-refractivity contribution in [2.45, 2.75) is 12.5 Å². The quantitative estimate of drug-likeness (QED) is 0.881. The SMILES string of the molecule is COc1ccc(C(=O)O)cc1NC(=O)N1CCC(OC)C1. The van der Waals surface area contributed by atoms with Crippen molar-refractivity contribution in [1.29, 1.82) is 0 Å². The molecule has 2 N–H and O–H groups in total. The van der Waals surface area contributed by atoms with Crippen LogP contribution in [0.1, 0.15) is 16.8 Å². The van der Waals surface area contributed by atoms with Gasteiger partial charge in [0.25, 0.3) is 0 Å². The maximum atomic E-state index is 12.2. The number of benzene rings is 1. The average molecular weight is 294 g/mol. The Labute approximate surface area is 122 Å². The second-order valence-corrected chi connectivity index (χ2v) is 4.74. The zero-order valence-electron chi connectivity index (χ0n) is 12.0. The number of anilines is 1. The van der Waals surface area contributed by atoms with Gasteiger partial charge < -0.3 is 24.8 Å². The van der Waals surface area contributed by atoms with Gasteiger partial charge >= 0.3 is 12.0 Å². The van der Waals surface area contributed by atoms with Crippen LogP contribution in [0.2, 0.25) is 0 Å². The van der Waals surface area contributed by atoms with Crippen LogP contribution in [0.5, 0.6) is 5.75 Å². The third kappa shape index (κ3) is 3.43. The Morgan fingerprint density at radius 3 is 2.71 bits per heavy atom. The largest absolute Gasteiger partial charge is 0.495 e. The lowest BCUT2D eigenvalue weighted by Crippen LogP contribution is -2.34. The predicted molar refractivity (Wildman–Crippen MR) is 76.0 cm³/mol. The Morgan fingerprint density at radius 1 is 1.38 bits per heavy atom. The number of hydrogen-bond donors (Lipinski definition) is 2. The Bertz CT molecular complexity index is 546. The predicted octanol–water partition coefficient (Wildman–Crippen LogP) is 1.65. The highest BCUT2D eigenvalue weighted by Gasteiger charge is 2.26. The van der Waals surface area contributed by atoms with Gasteiger partial charge in [-0.3, -0.25) is 0 Å². The fourth-order valence-electron chi connectivity index (χ4n) is 2.24. The minimum Gasteiger partial charge on any atom is -0.495 e. The zero-order valence-corrected chi connectivity index (χ0v) is 12.0.